The molecule has 1 saturated heterocycles. The van der Waals surface area contributed by atoms with Crippen LogP contribution in [0.4, 0.5) is 0 Å². The van der Waals surface area contributed by atoms with Gasteiger partial charge in [-0.25, -0.2) is 4.98 Å². The molecule has 0 spiro atoms. The van der Waals surface area contributed by atoms with Crippen molar-refractivity contribution in [3.8, 4) is 0 Å². The second kappa shape index (κ2) is 6.64. The van der Waals surface area contributed by atoms with E-state index in [1.807, 2.05) is 17.5 Å². The van der Waals surface area contributed by atoms with Crippen molar-refractivity contribution in [2.75, 3.05) is 19.6 Å². The number of aromatic nitrogens is 1. The summed E-state index contributed by atoms with van der Waals surface area (Å²) in [5.41, 5.74) is 0. The predicted octanol–water partition coefficient (Wildman–Crippen LogP) is 2.98. The summed E-state index contributed by atoms with van der Waals surface area (Å²) in [5, 5.41) is 4.93. The van der Waals surface area contributed by atoms with E-state index in [0.717, 1.165) is 13.1 Å². The van der Waals surface area contributed by atoms with E-state index in [0.29, 0.717) is 12.1 Å². The molecule has 2 heterocycles. The highest BCUT2D eigenvalue weighted by molar-refractivity contribution is 7.11. The number of nitrogens with zero attached hydrogens (tertiary/aromatic N) is 2. The second-order valence-corrected chi connectivity index (χ2v) is 6.54. The molecule has 2 unspecified atom stereocenters. The standard InChI is InChI=1S/C14H25N3S/c1-4-6-13-10-17(8-5-7-15-13)12(3)14-16-9-11(2)18-14/h9,12-13,15H,4-8,10H2,1-3H3. The SMILES string of the molecule is CCCC1CN(C(C)c2ncc(C)s2)CCCN1. The third-order valence-corrected chi connectivity index (χ3v) is 4.77. The third-order valence-electron chi connectivity index (χ3n) is 3.69. The maximum absolute atomic E-state index is 4.55. The highest BCUT2D eigenvalue weighted by atomic mass is 32.1. The fourth-order valence-corrected chi connectivity index (χ4v) is 3.50. The van der Waals surface area contributed by atoms with E-state index in [2.05, 4.69) is 36.0 Å². The van der Waals surface area contributed by atoms with Crippen LogP contribution in [-0.2, 0) is 0 Å². The average Bonchev–Trinajstić information content (AvgIpc) is 2.65. The number of thiazole rings is 1. The van der Waals surface area contributed by atoms with E-state index in [-0.39, 0.29) is 0 Å². The molecule has 0 aromatic carbocycles. The van der Waals surface area contributed by atoms with Crippen LogP contribution in [0, 0.1) is 6.92 Å². The molecule has 1 fully saturated rings. The lowest BCUT2D eigenvalue weighted by Gasteiger charge is -2.28. The zero-order valence-corrected chi connectivity index (χ0v) is 12.6. The van der Waals surface area contributed by atoms with Crippen molar-refractivity contribution < 1.29 is 0 Å². The molecule has 102 valence electrons. The first-order valence-corrected chi connectivity index (χ1v) is 7.92. The van der Waals surface area contributed by atoms with Crippen molar-refractivity contribution >= 4 is 11.3 Å². The van der Waals surface area contributed by atoms with Gasteiger partial charge in [-0.3, -0.25) is 4.90 Å². The van der Waals surface area contributed by atoms with Crippen molar-refractivity contribution in [2.24, 2.45) is 0 Å². The van der Waals surface area contributed by atoms with Gasteiger partial charge in [0.25, 0.3) is 0 Å². The summed E-state index contributed by atoms with van der Waals surface area (Å²) in [6.45, 7) is 10.2. The quantitative estimate of drug-likeness (QED) is 0.909. The lowest BCUT2D eigenvalue weighted by molar-refractivity contribution is 0.203. The Kier molecular flexibility index (Phi) is 5.15. The average molecular weight is 267 g/mol. The van der Waals surface area contributed by atoms with E-state index in [1.54, 1.807) is 0 Å². The summed E-state index contributed by atoms with van der Waals surface area (Å²) in [7, 11) is 0. The van der Waals surface area contributed by atoms with Crippen LogP contribution in [0.1, 0.15) is 49.0 Å². The Bertz CT molecular complexity index is 364. The van der Waals surface area contributed by atoms with Crippen molar-refractivity contribution in [3.63, 3.8) is 0 Å². The first kappa shape index (κ1) is 14.0. The lowest BCUT2D eigenvalue weighted by Crippen LogP contribution is -2.38. The summed E-state index contributed by atoms with van der Waals surface area (Å²) in [6.07, 6.45) is 5.78. The monoisotopic (exact) mass is 267 g/mol. The van der Waals surface area contributed by atoms with Gasteiger partial charge in [-0.2, -0.15) is 0 Å². The minimum atomic E-state index is 0.461. The van der Waals surface area contributed by atoms with Gasteiger partial charge in [-0.05, 0) is 33.2 Å². The molecule has 3 nitrogen and oxygen atoms in total. The fourth-order valence-electron chi connectivity index (χ4n) is 2.64. The molecule has 1 aliphatic heterocycles. The van der Waals surface area contributed by atoms with Crippen LogP contribution in [0.3, 0.4) is 0 Å². The van der Waals surface area contributed by atoms with Crippen molar-refractivity contribution in [3.05, 3.63) is 16.1 Å². The van der Waals surface area contributed by atoms with E-state index >= 15 is 0 Å². The molecular formula is C14H25N3S. The van der Waals surface area contributed by atoms with E-state index in [9.17, 15) is 0 Å². The van der Waals surface area contributed by atoms with Crippen molar-refractivity contribution in [1.82, 2.24) is 15.2 Å². The number of hydrogen-bond donors (Lipinski definition) is 1. The van der Waals surface area contributed by atoms with Gasteiger partial charge in [0.1, 0.15) is 5.01 Å². The van der Waals surface area contributed by atoms with E-state index in [1.165, 1.54) is 35.7 Å². The van der Waals surface area contributed by atoms with E-state index in [4.69, 9.17) is 0 Å². The van der Waals surface area contributed by atoms with Gasteiger partial charge in [0, 0.05) is 30.2 Å². The predicted molar refractivity (Wildman–Crippen MR) is 78.2 cm³/mol. The van der Waals surface area contributed by atoms with Gasteiger partial charge >= 0.3 is 0 Å². The molecule has 1 N–H and O–H groups in total. The Balaban J connectivity index is 2.01. The minimum absolute atomic E-state index is 0.461. The smallest absolute Gasteiger partial charge is 0.110 e. The molecule has 0 amide bonds. The normalized spacial score (nSPS) is 23.8. The maximum atomic E-state index is 4.55. The molecule has 0 saturated carbocycles. The van der Waals surface area contributed by atoms with Gasteiger partial charge in [-0.15, -0.1) is 11.3 Å². The van der Waals surface area contributed by atoms with Gasteiger partial charge in [0.2, 0.25) is 0 Å². The Morgan fingerprint density at radius 3 is 3.11 bits per heavy atom. The largest absolute Gasteiger partial charge is 0.313 e. The minimum Gasteiger partial charge on any atom is -0.313 e. The molecule has 1 aromatic heterocycles. The van der Waals surface area contributed by atoms with Crippen LogP contribution in [-0.4, -0.2) is 35.6 Å². The van der Waals surface area contributed by atoms with Crippen molar-refractivity contribution in [1.29, 1.82) is 0 Å². The van der Waals surface area contributed by atoms with Crippen LogP contribution >= 0.6 is 11.3 Å². The zero-order valence-electron chi connectivity index (χ0n) is 11.8. The molecular weight excluding hydrogens is 242 g/mol. The second-order valence-electron chi connectivity index (χ2n) is 5.27. The summed E-state index contributed by atoms with van der Waals surface area (Å²) >= 11 is 1.84. The van der Waals surface area contributed by atoms with Crippen molar-refractivity contribution in [2.45, 2.75) is 52.1 Å². The Labute approximate surface area is 115 Å². The molecule has 2 atom stereocenters. The number of aryl methyl sites for hydroxylation is 1. The number of nitrogens with one attached hydrogen (secondary N) is 1. The number of hydrogen-bond acceptors (Lipinski definition) is 4. The van der Waals surface area contributed by atoms with Gasteiger partial charge in [0.05, 0.1) is 6.04 Å². The van der Waals surface area contributed by atoms with Crippen LogP contribution in [0.5, 0.6) is 0 Å². The zero-order chi connectivity index (χ0) is 13.0. The van der Waals surface area contributed by atoms with Crippen LogP contribution in [0.15, 0.2) is 6.20 Å². The topological polar surface area (TPSA) is 28.2 Å². The summed E-state index contributed by atoms with van der Waals surface area (Å²) in [6, 6.07) is 1.11. The van der Waals surface area contributed by atoms with E-state index < -0.39 is 0 Å². The highest BCUT2D eigenvalue weighted by Gasteiger charge is 2.23. The van der Waals surface area contributed by atoms with Gasteiger partial charge in [-0.1, -0.05) is 13.3 Å². The maximum Gasteiger partial charge on any atom is 0.110 e. The highest BCUT2D eigenvalue weighted by Crippen LogP contribution is 2.25. The Hall–Kier alpha value is -0.450. The van der Waals surface area contributed by atoms with Crippen LogP contribution in [0.2, 0.25) is 0 Å². The van der Waals surface area contributed by atoms with Crippen LogP contribution < -0.4 is 5.32 Å². The molecule has 1 aliphatic rings. The molecule has 0 aliphatic carbocycles. The molecule has 0 radical (unpaired) electrons. The molecule has 4 heteroatoms. The first-order chi connectivity index (χ1) is 8.70. The van der Waals surface area contributed by atoms with Gasteiger partial charge < -0.3 is 5.32 Å². The Morgan fingerprint density at radius 1 is 1.61 bits per heavy atom. The molecule has 18 heavy (non-hydrogen) atoms. The van der Waals surface area contributed by atoms with Crippen LogP contribution in [0.25, 0.3) is 0 Å². The first-order valence-electron chi connectivity index (χ1n) is 7.10. The van der Waals surface area contributed by atoms with Gasteiger partial charge in [0.15, 0.2) is 0 Å². The summed E-state index contributed by atoms with van der Waals surface area (Å²) < 4.78 is 0. The Morgan fingerprint density at radius 2 is 2.44 bits per heavy atom. The molecule has 1 aromatic rings. The third kappa shape index (κ3) is 3.53. The summed E-state index contributed by atoms with van der Waals surface area (Å²) in [5.74, 6) is 0. The number of rotatable bonds is 4. The summed E-state index contributed by atoms with van der Waals surface area (Å²) in [4.78, 5) is 8.46. The fraction of sp³-hybridized carbons (Fsp3) is 0.786. The molecule has 2 rings (SSSR count). The lowest BCUT2D eigenvalue weighted by atomic mass is 10.1. The molecule has 0 bridgehead atoms.